The molecule has 0 saturated heterocycles. The molecular formula is C12H19NO3. The number of carbonyl (C=O) groups excluding carboxylic acids is 2. The van der Waals surface area contributed by atoms with Gasteiger partial charge in [-0.25, -0.2) is 4.79 Å². The van der Waals surface area contributed by atoms with Crippen molar-refractivity contribution >= 4 is 11.9 Å². The van der Waals surface area contributed by atoms with Gasteiger partial charge in [0.15, 0.2) is 0 Å². The number of ether oxygens (including phenoxy) is 1. The van der Waals surface area contributed by atoms with Gasteiger partial charge in [-0.3, -0.25) is 4.79 Å². The van der Waals surface area contributed by atoms with E-state index in [4.69, 9.17) is 0 Å². The summed E-state index contributed by atoms with van der Waals surface area (Å²) >= 11 is 0. The van der Waals surface area contributed by atoms with Crippen molar-refractivity contribution in [3.63, 3.8) is 0 Å². The van der Waals surface area contributed by atoms with Gasteiger partial charge in [-0.2, -0.15) is 0 Å². The molecule has 0 aromatic heterocycles. The molecule has 0 heterocycles. The monoisotopic (exact) mass is 225 g/mol. The molecule has 0 unspecified atom stereocenters. The van der Waals surface area contributed by atoms with Crippen LogP contribution in [0.25, 0.3) is 0 Å². The van der Waals surface area contributed by atoms with Gasteiger partial charge < -0.3 is 10.1 Å². The van der Waals surface area contributed by atoms with Gasteiger partial charge in [0.25, 0.3) is 0 Å². The van der Waals surface area contributed by atoms with Gasteiger partial charge in [-0.1, -0.05) is 19.3 Å². The summed E-state index contributed by atoms with van der Waals surface area (Å²) in [6, 6.07) is 0. The van der Waals surface area contributed by atoms with Crippen LogP contribution < -0.4 is 5.32 Å². The van der Waals surface area contributed by atoms with Crippen molar-refractivity contribution in [2.75, 3.05) is 13.7 Å². The standard InChI is InChI=1S/C12H19NO3/c1-16-12(15)8-7-11(14)13-9-10-5-3-2-4-6-10/h7-8,10H,2-6,9H2,1H3,(H,13,14)/b8-7-. The smallest absolute Gasteiger partial charge is 0.330 e. The van der Waals surface area contributed by atoms with Crippen molar-refractivity contribution in [1.82, 2.24) is 5.32 Å². The van der Waals surface area contributed by atoms with E-state index >= 15 is 0 Å². The number of methoxy groups -OCH3 is 1. The van der Waals surface area contributed by atoms with Crippen molar-refractivity contribution in [3.05, 3.63) is 12.2 Å². The first-order chi connectivity index (χ1) is 7.72. The second-order valence-corrected chi connectivity index (χ2v) is 4.11. The summed E-state index contributed by atoms with van der Waals surface area (Å²) in [5.41, 5.74) is 0. The molecule has 1 fully saturated rings. The zero-order chi connectivity index (χ0) is 11.8. The lowest BCUT2D eigenvalue weighted by atomic mass is 9.89. The van der Waals surface area contributed by atoms with Crippen LogP contribution in [-0.4, -0.2) is 25.5 Å². The highest BCUT2D eigenvalue weighted by atomic mass is 16.5. The number of hydrogen-bond donors (Lipinski definition) is 1. The number of esters is 1. The van der Waals surface area contributed by atoms with E-state index in [-0.39, 0.29) is 5.91 Å². The van der Waals surface area contributed by atoms with Crippen LogP contribution in [0, 0.1) is 5.92 Å². The first kappa shape index (κ1) is 12.7. The van der Waals surface area contributed by atoms with E-state index < -0.39 is 5.97 Å². The summed E-state index contributed by atoms with van der Waals surface area (Å²) in [4.78, 5) is 22.0. The third-order valence-electron chi connectivity index (χ3n) is 2.86. The van der Waals surface area contributed by atoms with Crippen LogP contribution in [0.15, 0.2) is 12.2 Å². The Morgan fingerprint density at radius 3 is 2.56 bits per heavy atom. The first-order valence-electron chi connectivity index (χ1n) is 5.76. The van der Waals surface area contributed by atoms with Gasteiger partial charge in [-0.05, 0) is 18.8 Å². The van der Waals surface area contributed by atoms with Crippen molar-refractivity contribution in [3.8, 4) is 0 Å². The number of hydrogen-bond acceptors (Lipinski definition) is 3. The number of nitrogens with one attached hydrogen (secondary N) is 1. The van der Waals surface area contributed by atoms with Crippen molar-refractivity contribution < 1.29 is 14.3 Å². The third kappa shape index (κ3) is 4.96. The molecule has 0 radical (unpaired) electrons. The van der Waals surface area contributed by atoms with Crippen LogP contribution in [0.4, 0.5) is 0 Å². The Hall–Kier alpha value is -1.32. The largest absolute Gasteiger partial charge is 0.466 e. The highest BCUT2D eigenvalue weighted by Crippen LogP contribution is 2.22. The zero-order valence-corrected chi connectivity index (χ0v) is 9.70. The van der Waals surface area contributed by atoms with E-state index in [2.05, 4.69) is 10.1 Å². The van der Waals surface area contributed by atoms with E-state index in [1.54, 1.807) is 0 Å². The number of carbonyl (C=O) groups is 2. The van der Waals surface area contributed by atoms with E-state index in [9.17, 15) is 9.59 Å². The summed E-state index contributed by atoms with van der Waals surface area (Å²) in [5, 5.41) is 2.80. The van der Waals surface area contributed by atoms with Gasteiger partial charge in [0.2, 0.25) is 5.91 Å². The topological polar surface area (TPSA) is 55.4 Å². The van der Waals surface area contributed by atoms with E-state index in [1.807, 2.05) is 0 Å². The molecule has 1 amide bonds. The summed E-state index contributed by atoms with van der Waals surface area (Å²) in [7, 11) is 1.28. The molecular weight excluding hydrogens is 206 g/mol. The first-order valence-corrected chi connectivity index (χ1v) is 5.76. The molecule has 0 aliphatic heterocycles. The van der Waals surface area contributed by atoms with E-state index in [1.165, 1.54) is 45.3 Å². The third-order valence-corrected chi connectivity index (χ3v) is 2.86. The second kappa shape index (κ2) is 7.04. The van der Waals surface area contributed by atoms with Crippen molar-refractivity contribution in [2.45, 2.75) is 32.1 Å². The molecule has 0 aromatic rings. The number of amides is 1. The van der Waals surface area contributed by atoms with Gasteiger partial charge in [0.1, 0.15) is 0 Å². The lowest BCUT2D eigenvalue weighted by molar-refractivity contribution is -0.135. The Kier molecular flexibility index (Phi) is 5.61. The van der Waals surface area contributed by atoms with Crippen molar-refractivity contribution in [2.24, 2.45) is 5.92 Å². The van der Waals surface area contributed by atoms with E-state index in [0.29, 0.717) is 12.5 Å². The zero-order valence-electron chi connectivity index (χ0n) is 9.70. The molecule has 1 N–H and O–H groups in total. The molecule has 1 aliphatic rings. The summed E-state index contributed by atoms with van der Waals surface area (Å²) in [6.07, 6.45) is 8.58. The second-order valence-electron chi connectivity index (χ2n) is 4.11. The van der Waals surface area contributed by atoms with Crippen LogP contribution in [0.2, 0.25) is 0 Å². The number of rotatable bonds is 4. The summed E-state index contributed by atoms with van der Waals surface area (Å²) in [5.74, 6) is -0.131. The van der Waals surface area contributed by atoms with Gasteiger partial charge in [0.05, 0.1) is 7.11 Å². The molecule has 0 spiro atoms. The predicted octanol–water partition coefficient (Wildman–Crippen LogP) is 1.41. The average Bonchev–Trinajstić information content (AvgIpc) is 2.34. The molecule has 90 valence electrons. The predicted molar refractivity (Wildman–Crippen MR) is 60.7 cm³/mol. The van der Waals surface area contributed by atoms with Crippen molar-refractivity contribution in [1.29, 1.82) is 0 Å². The van der Waals surface area contributed by atoms with Crippen LogP contribution >= 0.6 is 0 Å². The molecule has 0 bridgehead atoms. The molecule has 1 aliphatic carbocycles. The molecule has 1 rings (SSSR count). The minimum atomic E-state index is -0.507. The fourth-order valence-electron chi connectivity index (χ4n) is 1.91. The lowest BCUT2D eigenvalue weighted by Crippen LogP contribution is -2.29. The van der Waals surface area contributed by atoms with Gasteiger partial charge in [0, 0.05) is 18.7 Å². The van der Waals surface area contributed by atoms with Crippen LogP contribution in [0.5, 0.6) is 0 Å². The molecule has 4 nitrogen and oxygen atoms in total. The molecule has 0 atom stereocenters. The fraction of sp³-hybridized carbons (Fsp3) is 0.667. The Bertz CT molecular complexity index is 267. The Balaban J connectivity index is 2.18. The molecule has 4 heteroatoms. The molecule has 0 aromatic carbocycles. The minimum absolute atomic E-state index is 0.226. The Morgan fingerprint density at radius 2 is 1.94 bits per heavy atom. The van der Waals surface area contributed by atoms with Gasteiger partial charge >= 0.3 is 5.97 Å². The van der Waals surface area contributed by atoms with Crippen LogP contribution in [0.1, 0.15) is 32.1 Å². The molecule has 16 heavy (non-hydrogen) atoms. The van der Waals surface area contributed by atoms with E-state index in [0.717, 1.165) is 6.08 Å². The summed E-state index contributed by atoms with van der Waals surface area (Å²) < 4.78 is 4.39. The Labute approximate surface area is 96.0 Å². The average molecular weight is 225 g/mol. The fourth-order valence-corrected chi connectivity index (χ4v) is 1.91. The SMILES string of the molecule is COC(=O)/C=C\C(=O)NCC1CCCCC1. The quantitative estimate of drug-likeness (QED) is 0.581. The summed E-state index contributed by atoms with van der Waals surface area (Å²) in [6.45, 7) is 0.713. The maximum absolute atomic E-state index is 11.3. The minimum Gasteiger partial charge on any atom is -0.466 e. The highest BCUT2D eigenvalue weighted by Gasteiger charge is 2.13. The van der Waals surface area contributed by atoms with Crippen LogP contribution in [0.3, 0.4) is 0 Å². The lowest BCUT2D eigenvalue weighted by Gasteiger charge is -2.21. The molecule has 1 saturated carbocycles. The Morgan fingerprint density at radius 1 is 1.25 bits per heavy atom. The van der Waals surface area contributed by atoms with Crippen LogP contribution in [-0.2, 0) is 14.3 Å². The van der Waals surface area contributed by atoms with Gasteiger partial charge in [-0.15, -0.1) is 0 Å². The maximum Gasteiger partial charge on any atom is 0.330 e. The highest BCUT2D eigenvalue weighted by molar-refractivity contribution is 5.94. The normalized spacial score (nSPS) is 17.3. The maximum atomic E-state index is 11.3.